The molecule has 6 heteroatoms. The van der Waals surface area contributed by atoms with Crippen molar-refractivity contribution in [3.8, 4) is 0 Å². The normalized spacial score (nSPS) is 16.4. The second-order valence-corrected chi connectivity index (χ2v) is 5.56. The Bertz CT molecular complexity index is 511. The van der Waals surface area contributed by atoms with Crippen molar-refractivity contribution >= 4 is 33.4 Å². The topological polar surface area (TPSA) is 89.4 Å². The van der Waals surface area contributed by atoms with Crippen LogP contribution in [0.25, 0.3) is 0 Å². The Kier molecular flexibility index (Phi) is 4.09. The van der Waals surface area contributed by atoms with E-state index >= 15 is 0 Å². The molecule has 0 unspecified atom stereocenters. The lowest BCUT2D eigenvalue weighted by atomic mass is 9.96. The third kappa shape index (κ3) is 3.07. The quantitative estimate of drug-likeness (QED) is 0.805. The number of primary amides is 1. The Morgan fingerprint density at radius 1 is 1.26 bits per heavy atom. The van der Waals surface area contributed by atoms with Crippen LogP contribution in [0.3, 0.4) is 0 Å². The van der Waals surface area contributed by atoms with Gasteiger partial charge in [0.25, 0.3) is 5.91 Å². The Labute approximate surface area is 120 Å². The summed E-state index contributed by atoms with van der Waals surface area (Å²) in [5, 5.41) is 0. The van der Waals surface area contributed by atoms with Crippen molar-refractivity contribution in [1.82, 2.24) is 4.90 Å². The van der Waals surface area contributed by atoms with E-state index in [1.54, 1.807) is 23.1 Å². The van der Waals surface area contributed by atoms with Gasteiger partial charge in [0.15, 0.2) is 0 Å². The monoisotopic (exact) mass is 325 g/mol. The highest BCUT2D eigenvalue weighted by molar-refractivity contribution is 9.10. The molecule has 5 nitrogen and oxygen atoms in total. The summed E-state index contributed by atoms with van der Waals surface area (Å²) in [6.07, 6.45) is 1.25. The number of likely N-dealkylation sites (tertiary alicyclic amines) is 1. The van der Waals surface area contributed by atoms with Crippen molar-refractivity contribution in [2.24, 2.45) is 11.7 Å². The molecule has 2 amide bonds. The first-order valence-electron chi connectivity index (χ1n) is 6.12. The van der Waals surface area contributed by atoms with E-state index < -0.39 is 0 Å². The van der Waals surface area contributed by atoms with Crippen LogP contribution in [0.4, 0.5) is 5.69 Å². The van der Waals surface area contributed by atoms with Gasteiger partial charge in [-0.2, -0.15) is 0 Å². The van der Waals surface area contributed by atoms with E-state index in [1.807, 2.05) is 0 Å². The van der Waals surface area contributed by atoms with Crippen LogP contribution in [0.1, 0.15) is 23.2 Å². The van der Waals surface area contributed by atoms with Gasteiger partial charge in [-0.15, -0.1) is 0 Å². The highest BCUT2D eigenvalue weighted by Crippen LogP contribution is 2.24. The van der Waals surface area contributed by atoms with Crippen molar-refractivity contribution < 1.29 is 9.59 Å². The molecular weight excluding hydrogens is 310 g/mol. The number of carbonyl (C=O) groups is 2. The summed E-state index contributed by atoms with van der Waals surface area (Å²) in [5.74, 6) is -0.465. The van der Waals surface area contributed by atoms with Gasteiger partial charge in [-0.25, -0.2) is 0 Å². The van der Waals surface area contributed by atoms with Gasteiger partial charge in [-0.3, -0.25) is 9.59 Å². The summed E-state index contributed by atoms with van der Waals surface area (Å²) in [5.41, 5.74) is 12.1. The fraction of sp³-hybridized carbons (Fsp3) is 0.385. The van der Waals surface area contributed by atoms with E-state index in [9.17, 15) is 9.59 Å². The van der Waals surface area contributed by atoms with Crippen LogP contribution in [-0.2, 0) is 4.79 Å². The molecule has 0 aliphatic carbocycles. The summed E-state index contributed by atoms with van der Waals surface area (Å²) < 4.78 is 0.726. The van der Waals surface area contributed by atoms with Crippen LogP contribution in [0, 0.1) is 5.92 Å². The lowest BCUT2D eigenvalue weighted by Crippen LogP contribution is -2.41. The largest absolute Gasteiger partial charge is 0.399 e. The SMILES string of the molecule is NC(=O)C1CCN(C(=O)c2cc(N)ccc2Br)CC1. The second kappa shape index (κ2) is 5.61. The summed E-state index contributed by atoms with van der Waals surface area (Å²) in [7, 11) is 0. The zero-order valence-electron chi connectivity index (χ0n) is 10.4. The first kappa shape index (κ1) is 13.9. The number of rotatable bonds is 2. The van der Waals surface area contributed by atoms with Crippen LogP contribution in [0.15, 0.2) is 22.7 Å². The molecule has 1 aromatic carbocycles. The Balaban J connectivity index is 2.09. The molecule has 0 bridgehead atoms. The molecule has 4 N–H and O–H groups in total. The van der Waals surface area contributed by atoms with Gasteiger partial charge in [0.2, 0.25) is 5.91 Å². The van der Waals surface area contributed by atoms with Gasteiger partial charge in [0.05, 0.1) is 5.56 Å². The van der Waals surface area contributed by atoms with Crippen molar-refractivity contribution in [3.05, 3.63) is 28.2 Å². The number of hydrogen-bond donors (Lipinski definition) is 2. The standard InChI is InChI=1S/C13H16BrN3O2/c14-11-2-1-9(15)7-10(11)13(19)17-5-3-8(4-6-17)12(16)18/h1-2,7-8H,3-6,15H2,(H2,16,18). The average Bonchev–Trinajstić information content (AvgIpc) is 2.41. The van der Waals surface area contributed by atoms with Crippen molar-refractivity contribution in [1.29, 1.82) is 0 Å². The molecule has 1 aromatic rings. The second-order valence-electron chi connectivity index (χ2n) is 4.71. The van der Waals surface area contributed by atoms with Crippen LogP contribution in [-0.4, -0.2) is 29.8 Å². The van der Waals surface area contributed by atoms with Gasteiger partial charge in [0, 0.05) is 29.2 Å². The number of benzene rings is 1. The number of nitrogens with two attached hydrogens (primary N) is 2. The number of anilines is 1. The fourth-order valence-corrected chi connectivity index (χ4v) is 2.66. The number of nitrogens with zero attached hydrogens (tertiary/aromatic N) is 1. The van der Waals surface area contributed by atoms with E-state index in [4.69, 9.17) is 11.5 Å². The Hall–Kier alpha value is -1.56. The van der Waals surface area contributed by atoms with E-state index in [0.29, 0.717) is 37.2 Å². The molecule has 0 radical (unpaired) electrons. The number of nitrogen functional groups attached to an aromatic ring is 1. The number of piperidine rings is 1. The van der Waals surface area contributed by atoms with Crippen LogP contribution >= 0.6 is 15.9 Å². The minimum absolute atomic E-state index is 0.0675. The molecule has 1 fully saturated rings. The fourth-order valence-electron chi connectivity index (χ4n) is 2.24. The minimum Gasteiger partial charge on any atom is -0.399 e. The summed E-state index contributed by atoms with van der Waals surface area (Å²) in [6.45, 7) is 1.10. The number of carbonyl (C=O) groups excluding carboxylic acids is 2. The van der Waals surface area contributed by atoms with E-state index in [0.717, 1.165) is 4.47 Å². The van der Waals surface area contributed by atoms with Crippen LogP contribution in [0.5, 0.6) is 0 Å². The first-order chi connectivity index (χ1) is 8.99. The molecule has 1 aliphatic heterocycles. The summed E-state index contributed by atoms with van der Waals surface area (Å²) in [6, 6.07) is 5.16. The lowest BCUT2D eigenvalue weighted by Gasteiger charge is -2.30. The maximum absolute atomic E-state index is 12.4. The maximum Gasteiger partial charge on any atom is 0.255 e. The van der Waals surface area contributed by atoms with E-state index in [2.05, 4.69) is 15.9 Å². The molecule has 1 heterocycles. The summed E-state index contributed by atoms with van der Waals surface area (Å²) in [4.78, 5) is 25.2. The Morgan fingerprint density at radius 2 is 1.89 bits per heavy atom. The highest BCUT2D eigenvalue weighted by atomic mass is 79.9. The van der Waals surface area contributed by atoms with Gasteiger partial charge in [-0.05, 0) is 47.0 Å². The smallest absolute Gasteiger partial charge is 0.255 e. The van der Waals surface area contributed by atoms with Crippen LogP contribution in [0.2, 0.25) is 0 Å². The van der Waals surface area contributed by atoms with Crippen molar-refractivity contribution in [3.63, 3.8) is 0 Å². The number of amides is 2. The molecule has 102 valence electrons. The maximum atomic E-state index is 12.4. The third-order valence-electron chi connectivity index (χ3n) is 3.41. The average molecular weight is 326 g/mol. The molecule has 1 saturated heterocycles. The third-order valence-corrected chi connectivity index (χ3v) is 4.10. The van der Waals surface area contributed by atoms with E-state index in [-0.39, 0.29) is 17.7 Å². The van der Waals surface area contributed by atoms with Crippen LogP contribution < -0.4 is 11.5 Å². The highest BCUT2D eigenvalue weighted by Gasteiger charge is 2.27. The minimum atomic E-state index is -0.280. The van der Waals surface area contributed by atoms with Gasteiger partial charge in [-0.1, -0.05) is 0 Å². The molecule has 19 heavy (non-hydrogen) atoms. The van der Waals surface area contributed by atoms with Gasteiger partial charge >= 0.3 is 0 Å². The molecule has 1 aliphatic rings. The van der Waals surface area contributed by atoms with Crippen molar-refractivity contribution in [2.45, 2.75) is 12.8 Å². The molecule has 0 aromatic heterocycles. The number of hydrogen-bond acceptors (Lipinski definition) is 3. The predicted octanol–water partition coefficient (Wildman–Crippen LogP) is 1.37. The molecular formula is C13H16BrN3O2. The molecule has 0 atom stereocenters. The first-order valence-corrected chi connectivity index (χ1v) is 6.92. The number of halogens is 1. The molecule has 0 spiro atoms. The lowest BCUT2D eigenvalue weighted by molar-refractivity contribution is -0.123. The van der Waals surface area contributed by atoms with Gasteiger partial charge < -0.3 is 16.4 Å². The zero-order chi connectivity index (χ0) is 14.0. The van der Waals surface area contributed by atoms with Crippen molar-refractivity contribution in [2.75, 3.05) is 18.8 Å². The molecule has 0 saturated carbocycles. The van der Waals surface area contributed by atoms with E-state index in [1.165, 1.54) is 0 Å². The predicted molar refractivity (Wildman–Crippen MR) is 76.4 cm³/mol. The Morgan fingerprint density at radius 3 is 2.47 bits per heavy atom. The summed E-state index contributed by atoms with van der Waals surface area (Å²) >= 11 is 3.36. The molecule has 2 rings (SSSR count). The van der Waals surface area contributed by atoms with Gasteiger partial charge in [0.1, 0.15) is 0 Å². The zero-order valence-corrected chi connectivity index (χ0v) is 12.0.